The fourth-order valence-corrected chi connectivity index (χ4v) is 0.737. The summed E-state index contributed by atoms with van der Waals surface area (Å²) in [7, 11) is 0. The SMILES string of the molecule is CC1(C)COCCO1.[SiH4]. The quantitative estimate of drug-likeness (QED) is 0.425. The zero-order valence-corrected chi connectivity index (χ0v) is 5.44. The Morgan fingerprint density at radius 1 is 1.22 bits per heavy atom. The number of hydrogen-bond donors (Lipinski definition) is 0. The van der Waals surface area contributed by atoms with Crippen LogP contribution in [0.1, 0.15) is 13.8 Å². The van der Waals surface area contributed by atoms with Crippen LogP contribution in [0.5, 0.6) is 0 Å². The summed E-state index contributed by atoms with van der Waals surface area (Å²) in [5.74, 6) is 0. The molecule has 0 aliphatic carbocycles. The molecule has 0 aromatic carbocycles. The molecule has 1 fully saturated rings. The molecule has 0 unspecified atom stereocenters. The van der Waals surface area contributed by atoms with Crippen molar-refractivity contribution < 1.29 is 9.47 Å². The molecule has 1 aliphatic heterocycles. The maximum absolute atomic E-state index is 5.34. The Morgan fingerprint density at radius 3 is 2.11 bits per heavy atom. The van der Waals surface area contributed by atoms with Crippen molar-refractivity contribution in [3.05, 3.63) is 0 Å². The van der Waals surface area contributed by atoms with E-state index in [1.165, 1.54) is 0 Å². The minimum atomic E-state index is -0.0434. The summed E-state index contributed by atoms with van der Waals surface area (Å²) in [4.78, 5) is 0. The molecule has 1 aliphatic rings. The van der Waals surface area contributed by atoms with Gasteiger partial charge in [-0.25, -0.2) is 0 Å². The van der Waals surface area contributed by atoms with Crippen LogP contribution in [0.2, 0.25) is 0 Å². The molecule has 0 bridgehead atoms. The van der Waals surface area contributed by atoms with E-state index in [4.69, 9.17) is 9.47 Å². The first-order valence-corrected chi connectivity index (χ1v) is 2.92. The van der Waals surface area contributed by atoms with Gasteiger partial charge in [-0.1, -0.05) is 0 Å². The maximum atomic E-state index is 5.34. The largest absolute Gasteiger partial charge is 0.376 e. The van der Waals surface area contributed by atoms with Crippen molar-refractivity contribution in [2.45, 2.75) is 19.4 Å². The van der Waals surface area contributed by atoms with Crippen molar-refractivity contribution in [1.29, 1.82) is 0 Å². The Kier molecular flexibility index (Phi) is 3.39. The van der Waals surface area contributed by atoms with Gasteiger partial charge in [0.15, 0.2) is 0 Å². The van der Waals surface area contributed by atoms with E-state index in [0.717, 1.165) is 19.8 Å². The zero-order valence-electron chi connectivity index (χ0n) is 5.44. The molecule has 0 radical (unpaired) electrons. The summed E-state index contributed by atoms with van der Waals surface area (Å²) >= 11 is 0. The third-order valence-electron chi connectivity index (χ3n) is 1.17. The van der Waals surface area contributed by atoms with E-state index < -0.39 is 0 Å². The molecule has 3 heteroatoms. The van der Waals surface area contributed by atoms with Crippen LogP contribution < -0.4 is 0 Å². The molecule has 0 amide bonds. The summed E-state index contributed by atoms with van der Waals surface area (Å²) in [5, 5.41) is 0. The van der Waals surface area contributed by atoms with Gasteiger partial charge < -0.3 is 9.47 Å². The third kappa shape index (κ3) is 2.98. The van der Waals surface area contributed by atoms with Crippen LogP contribution in [0.15, 0.2) is 0 Å². The maximum Gasteiger partial charge on any atom is 0.0860 e. The van der Waals surface area contributed by atoms with E-state index in [1.807, 2.05) is 13.8 Å². The minimum Gasteiger partial charge on any atom is -0.376 e. The number of ether oxygens (including phenoxy) is 2. The van der Waals surface area contributed by atoms with Crippen molar-refractivity contribution in [3.8, 4) is 0 Å². The van der Waals surface area contributed by atoms with Crippen LogP contribution in [-0.2, 0) is 9.47 Å². The van der Waals surface area contributed by atoms with Gasteiger partial charge in [0, 0.05) is 0 Å². The second-order valence-corrected chi connectivity index (χ2v) is 2.66. The first kappa shape index (κ1) is 9.14. The standard InChI is InChI=1S/C6H12O2.H4Si/c1-6(2)5-7-3-4-8-6;/h3-5H2,1-2H3;1H4. The molecule has 1 rings (SSSR count). The van der Waals surface area contributed by atoms with Crippen molar-refractivity contribution in [2.24, 2.45) is 0 Å². The van der Waals surface area contributed by atoms with E-state index in [9.17, 15) is 0 Å². The lowest BCUT2D eigenvalue weighted by molar-refractivity contribution is -0.137. The summed E-state index contributed by atoms with van der Waals surface area (Å²) < 4.78 is 10.5. The first-order chi connectivity index (χ1) is 3.71. The van der Waals surface area contributed by atoms with Gasteiger partial charge >= 0.3 is 0 Å². The Hall–Kier alpha value is 0.137. The van der Waals surface area contributed by atoms with Crippen molar-refractivity contribution in [2.75, 3.05) is 19.8 Å². The van der Waals surface area contributed by atoms with Gasteiger partial charge in [0.25, 0.3) is 0 Å². The monoisotopic (exact) mass is 148 g/mol. The molecule has 0 spiro atoms. The average Bonchev–Trinajstić information content (AvgIpc) is 1.65. The number of hydrogen-bond acceptors (Lipinski definition) is 2. The van der Waals surface area contributed by atoms with E-state index in [-0.39, 0.29) is 16.6 Å². The van der Waals surface area contributed by atoms with Crippen molar-refractivity contribution in [3.63, 3.8) is 0 Å². The van der Waals surface area contributed by atoms with Crippen LogP contribution in [0, 0.1) is 0 Å². The predicted molar refractivity (Wildman–Crippen MR) is 42.2 cm³/mol. The third-order valence-corrected chi connectivity index (χ3v) is 1.17. The molecule has 0 saturated carbocycles. The second-order valence-electron chi connectivity index (χ2n) is 2.66. The van der Waals surface area contributed by atoms with E-state index in [1.54, 1.807) is 0 Å². The summed E-state index contributed by atoms with van der Waals surface area (Å²) in [5.41, 5.74) is -0.0434. The zero-order chi connectivity index (χ0) is 6.04. The molecule has 0 aromatic rings. The number of rotatable bonds is 0. The lowest BCUT2D eigenvalue weighted by Gasteiger charge is -2.29. The van der Waals surface area contributed by atoms with Crippen molar-refractivity contribution in [1.82, 2.24) is 0 Å². The summed E-state index contributed by atoms with van der Waals surface area (Å²) in [6, 6.07) is 0. The molecule has 56 valence electrons. The van der Waals surface area contributed by atoms with Gasteiger partial charge in [0.05, 0.1) is 25.4 Å². The summed E-state index contributed by atoms with van der Waals surface area (Å²) in [6.45, 7) is 6.29. The molecular formula is C6H16O2Si. The van der Waals surface area contributed by atoms with E-state index in [0.29, 0.717) is 0 Å². The Balaban J connectivity index is 0.000000640. The average molecular weight is 148 g/mol. The van der Waals surface area contributed by atoms with Crippen LogP contribution in [-0.4, -0.2) is 36.4 Å². The van der Waals surface area contributed by atoms with Gasteiger partial charge in [-0.15, -0.1) is 0 Å². The predicted octanol–water partition coefficient (Wildman–Crippen LogP) is -0.640. The minimum absolute atomic E-state index is 0. The van der Waals surface area contributed by atoms with Gasteiger partial charge in [-0.3, -0.25) is 0 Å². The topological polar surface area (TPSA) is 18.5 Å². The Morgan fingerprint density at radius 2 is 1.89 bits per heavy atom. The first-order valence-electron chi connectivity index (χ1n) is 2.92. The van der Waals surface area contributed by atoms with Crippen LogP contribution in [0.3, 0.4) is 0 Å². The molecule has 0 N–H and O–H groups in total. The smallest absolute Gasteiger partial charge is 0.0860 e. The fraction of sp³-hybridized carbons (Fsp3) is 1.00. The highest BCUT2D eigenvalue weighted by Crippen LogP contribution is 2.12. The fourth-order valence-electron chi connectivity index (χ4n) is 0.737. The summed E-state index contributed by atoms with van der Waals surface area (Å²) in [6.07, 6.45) is 0. The van der Waals surface area contributed by atoms with Crippen LogP contribution in [0.4, 0.5) is 0 Å². The van der Waals surface area contributed by atoms with Crippen LogP contribution in [0.25, 0.3) is 0 Å². The molecule has 9 heavy (non-hydrogen) atoms. The highest BCUT2D eigenvalue weighted by Gasteiger charge is 2.21. The Bertz CT molecular complexity index is 75.1. The molecule has 2 nitrogen and oxygen atoms in total. The molecule has 1 heterocycles. The van der Waals surface area contributed by atoms with Gasteiger partial charge in [0.2, 0.25) is 0 Å². The second kappa shape index (κ2) is 3.34. The highest BCUT2D eigenvalue weighted by atomic mass is 28.1. The van der Waals surface area contributed by atoms with Gasteiger partial charge in [-0.2, -0.15) is 0 Å². The molecular weight excluding hydrogens is 132 g/mol. The van der Waals surface area contributed by atoms with Gasteiger partial charge in [0.1, 0.15) is 0 Å². The molecule has 0 atom stereocenters. The van der Waals surface area contributed by atoms with E-state index >= 15 is 0 Å². The Labute approximate surface area is 60.6 Å². The lowest BCUT2D eigenvalue weighted by Crippen LogP contribution is -2.37. The van der Waals surface area contributed by atoms with Gasteiger partial charge in [-0.05, 0) is 24.8 Å². The molecule has 0 aromatic heterocycles. The lowest BCUT2D eigenvalue weighted by atomic mass is 10.1. The van der Waals surface area contributed by atoms with E-state index in [2.05, 4.69) is 0 Å². The van der Waals surface area contributed by atoms with Crippen molar-refractivity contribution >= 4 is 11.0 Å². The van der Waals surface area contributed by atoms with Crippen LogP contribution >= 0.6 is 0 Å². The molecule has 1 saturated heterocycles. The highest BCUT2D eigenvalue weighted by molar-refractivity contribution is 5.75. The normalized spacial score (nSPS) is 24.7.